The molecule has 0 saturated heterocycles. The Labute approximate surface area is 111 Å². The molecule has 106 valence electrons. The molecule has 18 heavy (non-hydrogen) atoms. The van der Waals surface area contributed by atoms with E-state index >= 15 is 0 Å². The summed E-state index contributed by atoms with van der Waals surface area (Å²) < 4.78 is 0. The van der Waals surface area contributed by atoms with Crippen molar-refractivity contribution in [1.82, 2.24) is 9.80 Å². The van der Waals surface area contributed by atoms with E-state index in [1.54, 1.807) is 0 Å². The Hall–Kier alpha value is -0.610. The molecule has 0 amide bonds. The van der Waals surface area contributed by atoms with Gasteiger partial charge in [0.25, 0.3) is 0 Å². The van der Waals surface area contributed by atoms with Crippen LogP contribution in [-0.4, -0.2) is 59.6 Å². The lowest BCUT2D eigenvalue weighted by Gasteiger charge is -2.28. The number of carbonyl (C=O) groups is 1. The average Bonchev–Trinajstić information content (AvgIpc) is 3.16. The smallest absolute Gasteiger partial charge is 0.321 e. The van der Waals surface area contributed by atoms with Gasteiger partial charge in [-0.15, -0.1) is 0 Å². The summed E-state index contributed by atoms with van der Waals surface area (Å²) >= 11 is 0. The first-order valence-electron chi connectivity index (χ1n) is 7.33. The molecule has 0 aromatic rings. The minimum Gasteiger partial charge on any atom is -0.480 e. The molecule has 0 radical (unpaired) electrons. The molecule has 1 unspecified atom stereocenters. The van der Waals surface area contributed by atoms with Crippen molar-refractivity contribution in [3.8, 4) is 0 Å². The van der Waals surface area contributed by atoms with Gasteiger partial charge in [0.1, 0.15) is 6.04 Å². The van der Waals surface area contributed by atoms with Crippen LogP contribution < -0.4 is 0 Å². The molecular weight excluding hydrogens is 228 g/mol. The number of hydrogen-bond donors (Lipinski definition) is 1. The van der Waals surface area contributed by atoms with Gasteiger partial charge in [-0.05, 0) is 51.4 Å². The van der Waals surface area contributed by atoms with E-state index in [9.17, 15) is 9.90 Å². The highest BCUT2D eigenvalue weighted by atomic mass is 16.4. The van der Waals surface area contributed by atoms with Crippen molar-refractivity contribution in [2.45, 2.75) is 46.1 Å². The SMILES string of the molecule is CCN(CC)CCCN(CC)C(C(=O)O)C1CC1. The maximum atomic E-state index is 11.3. The molecule has 1 rings (SSSR count). The van der Waals surface area contributed by atoms with E-state index in [2.05, 4.69) is 30.6 Å². The number of nitrogens with zero attached hydrogens (tertiary/aromatic N) is 2. The van der Waals surface area contributed by atoms with Crippen LogP contribution in [0, 0.1) is 5.92 Å². The molecule has 0 aromatic carbocycles. The second-order valence-corrected chi connectivity index (χ2v) is 5.13. The van der Waals surface area contributed by atoms with Crippen LogP contribution in [0.5, 0.6) is 0 Å². The zero-order valence-electron chi connectivity index (χ0n) is 12.1. The standard InChI is InChI=1S/C14H28N2O2/c1-4-15(5-2)10-7-11-16(6-3)13(14(17)18)12-8-9-12/h12-13H,4-11H2,1-3H3,(H,17,18). The molecule has 1 saturated carbocycles. The first-order valence-corrected chi connectivity index (χ1v) is 7.33. The first kappa shape index (κ1) is 15.4. The summed E-state index contributed by atoms with van der Waals surface area (Å²) in [5.74, 6) is -0.238. The Morgan fingerprint density at radius 2 is 1.78 bits per heavy atom. The van der Waals surface area contributed by atoms with Gasteiger partial charge in [-0.25, -0.2) is 0 Å². The maximum absolute atomic E-state index is 11.3. The average molecular weight is 256 g/mol. The van der Waals surface area contributed by atoms with Crippen molar-refractivity contribution in [1.29, 1.82) is 0 Å². The summed E-state index contributed by atoms with van der Waals surface area (Å²) in [7, 11) is 0. The fourth-order valence-electron chi connectivity index (χ4n) is 2.60. The summed E-state index contributed by atoms with van der Waals surface area (Å²) in [6, 6.07) is -0.244. The lowest BCUT2D eigenvalue weighted by atomic mass is 10.1. The van der Waals surface area contributed by atoms with Gasteiger partial charge in [-0.3, -0.25) is 9.69 Å². The largest absolute Gasteiger partial charge is 0.480 e. The maximum Gasteiger partial charge on any atom is 0.321 e. The van der Waals surface area contributed by atoms with Crippen LogP contribution in [0.1, 0.15) is 40.0 Å². The van der Waals surface area contributed by atoms with Crippen LogP contribution in [0.25, 0.3) is 0 Å². The van der Waals surface area contributed by atoms with E-state index in [1.807, 2.05) is 0 Å². The molecule has 0 spiro atoms. The van der Waals surface area contributed by atoms with Gasteiger partial charge in [0, 0.05) is 6.54 Å². The highest BCUT2D eigenvalue weighted by molar-refractivity contribution is 5.74. The van der Waals surface area contributed by atoms with Crippen LogP contribution >= 0.6 is 0 Å². The fraction of sp³-hybridized carbons (Fsp3) is 0.929. The number of hydrogen-bond acceptors (Lipinski definition) is 3. The molecule has 1 fully saturated rings. The Kier molecular flexibility index (Phi) is 6.65. The molecule has 0 aliphatic heterocycles. The van der Waals surface area contributed by atoms with Crippen LogP contribution in [0.2, 0.25) is 0 Å². The predicted octanol–water partition coefficient (Wildman–Crippen LogP) is 1.90. The number of carboxylic acids is 1. The van der Waals surface area contributed by atoms with E-state index in [4.69, 9.17) is 0 Å². The molecule has 1 aliphatic carbocycles. The topological polar surface area (TPSA) is 43.8 Å². The van der Waals surface area contributed by atoms with Gasteiger partial charge >= 0.3 is 5.97 Å². The Morgan fingerprint density at radius 3 is 2.17 bits per heavy atom. The zero-order valence-corrected chi connectivity index (χ0v) is 12.1. The highest BCUT2D eigenvalue weighted by Crippen LogP contribution is 2.35. The molecule has 4 heteroatoms. The van der Waals surface area contributed by atoms with Crippen LogP contribution in [0.15, 0.2) is 0 Å². The lowest BCUT2D eigenvalue weighted by Crippen LogP contribution is -2.44. The monoisotopic (exact) mass is 256 g/mol. The van der Waals surface area contributed by atoms with Crippen LogP contribution in [-0.2, 0) is 4.79 Å². The van der Waals surface area contributed by atoms with E-state index in [0.717, 1.165) is 52.0 Å². The molecule has 0 bridgehead atoms. The molecule has 4 nitrogen and oxygen atoms in total. The van der Waals surface area contributed by atoms with Gasteiger partial charge in [0.05, 0.1) is 0 Å². The van der Waals surface area contributed by atoms with Gasteiger partial charge in [-0.1, -0.05) is 20.8 Å². The van der Waals surface area contributed by atoms with Crippen molar-refractivity contribution >= 4 is 5.97 Å². The Bertz CT molecular complexity index is 250. The van der Waals surface area contributed by atoms with Crippen LogP contribution in [0.4, 0.5) is 0 Å². The third-order valence-electron chi connectivity index (χ3n) is 3.94. The highest BCUT2D eigenvalue weighted by Gasteiger charge is 2.39. The quantitative estimate of drug-likeness (QED) is 0.648. The molecule has 1 atom stereocenters. The number of likely N-dealkylation sites (N-methyl/N-ethyl adjacent to an activating group) is 1. The van der Waals surface area contributed by atoms with Gasteiger partial charge in [-0.2, -0.15) is 0 Å². The molecule has 1 N–H and O–H groups in total. The number of aliphatic carboxylic acids is 1. The van der Waals surface area contributed by atoms with E-state index in [1.165, 1.54) is 0 Å². The fourth-order valence-corrected chi connectivity index (χ4v) is 2.60. The van der Waals surface area contributed by atoms with E-state index in [-0.39, 0.29) is 6.04 Å². The Morgan fingerprint density at radius 1 is 1.17 bits per heavy atom. The summed E-state index contributed by atoms with van der Waals surface area (Å²) in [4.78, 5) is 15.9. The van der Waals surface area contributed by atoms with Crippen LogP contribution in [0.3, 0.4) is 0 Å². The Balaban J connectivity index is 2.38. The van der Waals surface area contributed by atoms with Crippen molar-refractivity contribution < 1.29 is 9.90 Å². The normalized spacial score (nSPS) is 17.4. The van der Waals surface area contributed by atoms with Gasteiger partial charge in [0.15, 0.2) is 0 Å². The number of rotatable bonds is 10. The molecule has 0 heterocycles. The molecule has 1 aliphatic rings. The third kappa shape index (κ3) is 4.58. The zero-order chi connectivity index (χ0) is 13.5. The third-order valence-corrected chi connectivity index (χ3v) is 3.94. The second kappa shape index (κ2) is 7.74. The van der Waals surface area contributed by atoms with Crippen molar-refractivity contribution in [2.75, 3.05) is 32.7 Å². The minimum atomic E-state index is -0.637. The van der Waals surface area contributed by atoms with E-state index in [0.29, 0.717) is 5.92 Å². The van der Waals surface area contributed by atoms with E-state index < -0.39 is 5.97 Å². The number of carboxylic acid groups (broad SMARTS) is 1. The summed E-state index contributed by atoms with van der Waals surface area (Å²) in [6.45, 7) is 11.4. The predicted molar refractivity (Wildman–Crippen MR) is 73.8 cm³/mol. The minimum absolute atomic E-state index is 0.244. The summed E-state index contributed by atoms with van der Waals surface area (Å²) in [5, 5.41) is 9.33. The van der Waals surface area contributed by atoms with Crippen molar-refractivity contribution in [3.05, 3.63) is 0 Å². The summed E-state index contributed by atoms with van der Waals surface area (Å²) in [6.07, 6.45) is 3.24. The second-order valence-electron chi connectivity index (χ2n) is 5.13. The lowest BCUT2D eigenvalue weighted by molar-refractivity contribution is -0.144. The first-order chi connectivity index (χ1) is 8.63. The van der Waals surface area contributed by atoms with Gasteiger partial charge < -0.3 is 10.0 Å². The van der Waals surface area contributed by atoms with Crippen molar-refractivity contribution in [3.63, 3.8) is 0 Å². The van der Waals surface area contributed by atoms with Crippen molar-refractivity contribution in [2.24, 2.45) is 5.92 Å². The van der Waals surface area contributed by atoms with Gasteiger partial charge in [0.2, 0.25) is 0 Å². The molecular formula is C14H28N2O2. The molecule has 0 aromatic heterocycles. The summed E-state index contributed by atoms with van der Waals surface area (Å²) in [5.41, 5.74) is 0.